The molecule has 2 rings (SSSR count). The van der Waals surface area contributed by atoms with Gasteiger partial charge in [0.1, 0.15) is 5.82 Å². The molecule has 0 heterocycles. The highest BCUT2D eigenvalue weighted by Crippen LogP contribution is 2.11. The Bertz CT molecular complexity index is 767. The number of rotatable bonds is 7. The van der Waals surface area contributed by atoms with Gasteiger partial charge in [0.05, 0.1) is 13.1 Å². The van der Waals surface area contributed by atoms with Crippen molar-refractivity contribution in [3.63, 3.8) is 0 Å². The third-order valence-electron chi connectivity index (χ3n) is 3.86. The number of hydrogen-bond acceptors (Lipinski definition) is 2. The second kappa shape index (κ2) is 12.7. The second-order valence-electron chi connectivity index (χ2n) is 6.24. The molecule has 0 saturated carbocycles. The molecular formula is C20H25BrFIN4O. The number of amides is 1. The maximum absolute atomic E-state index is 13.0. The fraction of sp³-hybridized carbons (Fsp3) is 0.300. The van der Waals surface area contributed by atoms with Crippen molar-refractivity contribution in [1.29, 1.82) is 0 Å². The quantitative estimate of drug-likeness (QED) is 0.308. The highest BCUT2D eigenvalue weighted by molar-refractivity contribution is 14.0. The highest BCUT2D eigenvalue weighted by Gasteiger charge is 2.06. The first kappa shape index (κ1) is 24.4. The summed E-state index contributed by atoms with van der Waals surface area (Å²) in [5, 5.41) is 6.28. The van der Waals surface area contributed by atoms with Crippen molar-refractivity contribution >= 4 is 51.8 Å². The zero-order valence-electron chi connectivity index (χ0n) is 15.9. The standard InChI is InChI=1S/C20H24BrFN4O.HI/c1-26(2)19(27)14-25-20(24-13-16-3-7-17(21)8-4-16)23-12-11-15-5-9-18(22)10-6-15;/h3-10H,11-14H2,1-2H3,(H2,23,24,25);1H. The molecule has 1 amide bonds. The van der Waals surface area contributed by atoms with Gasteiger partial charge in [0.25, 0.3) is 0 Å². The van der Waals surface area contributed by atoms with E-state index in [-0.39, 0.29) is 42.2 Å². The number of carbonyl (C=O) groups excluding carboxylic acids is 1. The van der Waals surface area contributed by atoms with Crippen LogP contribution in [0.25, 0.3) is 0 Å². The minimum absolute atomic E-state index is 0. The van der Waals surface area contributed by atoms with Gasteiger partial charge in [-0.15, -0.1) is 24.0 Å². The van der Waals surface area contributed by atoms with Gasteiger partial charge in [-0.1, -0.05) is 40.2 Å². The molecule has 0 saturated heterocycles. The molecule has 0 fully saturated rings. The summed E-state index contributed by atoms with van der Waals surface area (Å²) in [6.45, 7) is 1.28. The van der Waals surface area contributed by atoms with Crippen LogP contribution in [0.5, 0.6) is 0 Å². The number of halogens is 3. The summed E-state index contributed by atoms with van der Waals surface area (Å²) in [6.07, 6.45) is 0.723. The van der Waals surface area contributed by atoms with Crippen LogP contribution in [0.1, 0.15) is 11.1 Å². The summed E-state index contributed by atoms with van der Waals surface area (Å²) >= 11 is 3.41. The number of benzene rings is 2. The van der Waals surface area contributed by atoms with Crippen molar-refractivity contribution in [2.75, 3.05) is 27.2 Å². The molecule has 2 aromatic rings. The normalized spacial score (nSPS) is 10.8. The molecule has 0 aromatic heterocycles. The van der Waals surface area contributed by atoms with Crippen molar-refractivity contribution in [3.05, 3.63) is 69.9 Å². The Morgan fingerprint density at radius 1 is 1.04 bits per heavy atom. The van der Waals surface area contributed by atoms with Gasteiger partial charge in [-0.05, 0) is 41.8 Å². The lowest BCUT2D eigenvalue weighted by Crippen LogP contribution is -2.43. The van der Waals surface area contributed by atoms with Crippen molar-refractivity contribution in [2.24, 2.45) is 4.99 Å². The van der Waals surface area contributed by atoms with Gasteiger partial charge < -0.3 is 15.5 Å². The van der Waals surface area contributed by atoms with Gasteiger partial charge in [-0.3, -0.25) is 4.79 Å². The van der Waals surface area contributed by atoms with Crippen LogP contribution < -0.4 is 10.6 Å². The average Bonchev–Trinajstić information content (AvgIpc) is 2.66. The maximum atomic E-state index is 13.0. The number of aliphatic imine (C=N–C) groups is 1. The van der Waals surface area contributed by atoms with E-state index in [0.717, 1.165) is 22.0 Å². The molecule has 0 spiro atoms. The molecule has 152 valence electrons. The summed E-state index contributed by atoms with van der Waals surface area (Å²) in [7, 11) is 3.43. The Balaban J connectivity index is 0.00000392. The Kier molecular flexibility index (Phi) is 11.1. The average molecular weight is 563 g/mol. The molecule has 0 aliphatic heterocycles. The second-order valence-corrected chi connectivity index (χ2v) is 7.15. The molecule has 0 aliphatic rings. The molecule has 28 heavy (non-hydrogen) atoms. The molecule has 0 atom stereocenters. The van der Waals surface area contributed by atoms with Crippen molar-refractivity contribution in [1.82, 2.24) is 15.5 Å². The Hall–Kier alpha value is -1.68. The van der Waals surface area contributed by atoms with Crippen LogP contribution in [0.2, 0.25) is 0 Å². The zero-order valence-corrected chi connectivity index (χ0v) is 19.8. The van der Waals surface area contributed by atoms with E-state index < -0.39 is 0 Å². The minimum atomic E-state index is -0.243. The summed E-state index contributed by atoms with van der Waals surface area (Å²) in [4.78, 5) is 17.9. The molecule has 0 bridgehead atoms. The van der Waals surface area contributed by atoms with Gasteiger partial charge in [0.15, 0.2) is 5.96 Å². The first-order chi connectivity index (χ1) is 12.9. The van der Waals surface area contributed by atoms with E-state index in [9.17, 15) is 9.18 Å². The SMILES string of the molecule is CN(C)C(=O)CNC(=NCc1ccc(Br)cc1)NCCc1ccc(F)cc1.I. The molecule has 0 unspecified atom stereocenters. The van der Waals surface area contributed by atoms with E-state index in [0.29, 0.717) is 19.0 Å². The fourth-order valence-corrected chi connectivity index (χ4v) is 2.49. The summed E-state index contributed by atoms with van der Waals surface area (Å²) < 4.78 is 14.0. The molecule has 0 radical (unpaired) electrons. The number of hydrogen-bond donors (Lipinski definition) is 2. The van der Waals surface area contributed by atoms with Crippen molar-refractivity contribution in [2.45, 2.75) is 13.0 Å². The summed E-state index contributed by atoms with van der Waals surface area (Å²) in [6, 6.07) is 14.4. The van der Waals surface area contributed by atoms with Gasteiger partial charge in [-0.25, -0.2) is 9.38 Å². The number of guanidine groups is 1. The Labute approximate surface area is 191 Å². The van der Waals surface area contributed by atoms with Gasteiger partial charge in [-0.2, -0.15) is 0 Å². The molecule has 2 N–H and O–H groups in total. The molecule has 0 aliphatic carbocycles. The lowest BCUT2D eigenvalue weighted by molar-refractivity contribution is -0.127. The summed E-state index contributed by atoms with van der Waals surface area (Å²) in [5.41, 5.74) is 2.09. The Morgan fingerprint density at radius 2 is 1.64 bits per heavy atom. The minimum Gasteiger partial charge on any atom is -0.356 e. The Morgan fingerprint density at radius 3 is 2.25 bits per heavy atom. The third kappa shape index (κ3) is 9.01. The van der Waals surface area contributed by atoms with Crippen LogP contribution in [0.3, 0.4) is 0 Å². The number of nitrogens with zero attached hydrogens (tertiary/aromatic N) is 2. The van der Waals surface area contributed by atoms with E-state index in [1.165, 1.54) is 17.0 Å². The molecular weight excluding hydrogens is 538 g/mol. The smallest absolute Gasteiger partial charge is 0.241 e. The van der Waals surface area contributed by atoms with Crippen LogP contribution >= 0.6 is 39.9 Å². The number of nitrogens with one attached hydrogen (secondary N) is 2. The van der Waals surface area contributed by atoms with E-state index >= 15 is 0 Å². The summed E-state index contributed by atoms with van der Waals surface area (Å²) in [5.74, 6) is 0.286. The van der Waals surface area contributed by atoms with Crippen LogP contribution in [-0.4, -0.2) is 44.0 Å². The van der Waals surface area contributed by atoms with Crippen LogP contribution in [0.15, 0.2) is 58.0 Å². The van der Waals surface area contributed by atoms with E-state index in [1.54, 1.807) is 26.2 Å². The predicted molar refractivity (Wildman–Crippen MR) is 125 cm³/mol. The van der Waals surface area contributed by atoms with Crippen LogP contribution in [0.4, 0.5) is 4.39 Å². The lowest BCUT2D eigenvalue weighted by atomic mass is 10.1. The van der Waals surface area contributed by atoms with Gasteiger partial charge >= 0.3 is 0 Å². The van der Waals surface area contributed by atoms with E-state index in [4.69, 9.17) is 0 Å². The van der Waals surface area contributed by atoms with E-state index in [1.807, 2.05) is 24.3 Å². The lowest BCUT2D eigenvalue weighted by Gasteiger charge is -2.15. The first-order valence-electron chi connectivity index (χ1n) is 8.65. The van der Waals surface area contributed by atoms with Gasteiger partial charge in [0, 0.05) is 25.1 Å². The maximum Gasteiger partial charge on any atom is 0.241 e. The largest absolute Gasteiger partial charge is 0.356 e. The molecule has 5 nitrogen and oxygen atoms in total. The van der Waals surface area contributed by atoms with Gasteiger partial charge in [0.2, 0.25) is 5.91 Å². The van der Waals surface area contributed by atoms with E-state index in [2.05, 4.69) is 31.6 Å². The topological polar surface area (TPSA) is 56.7 Å². The highest BCUT2D eigenvalue weighted by atomic mass is 127. The van der Waals surface area contributed by atoms with Crippen LogP contribution in [0, 0.1) is 5.82 Å². The van der Waals surface area contributed by atoms with Crippen molar-refractivity contribution < 1.29 is 9.18 Å². The molecule has 8 heteroatoms. The number of carbonyl (C=O) groups is 1. The third-order valence-corrected chi connectivity index (χ3v) is 4.39. The van der Waals surface area contributed by atoms with Crippen molar-refractivity contribution in [3.8, 4) is 0 Å². The first-order valence-corrected chi connectivity index (χ1v) is 9.44. The van der Waals surface area contributed by atoms with Crippen LogP contribution in [-0.2, 0) is 17.8 Å². The zero-order chi connectivity index (χ0) is 19.6. The molecule has 2 aromatic carbocycles. The number of likely N-dealkylation sites (N-methyl/N-ethyl adjacent to an activating group) is 1. The fourth-order valence-electron chi connectivity index (χ4n) is 2.23. The monoisotopic (exact) mass is 562 g/mol. The predicted octanol–water partition coefficient (Wildman–Crippen LogP) is 3.57.